The highest BCUT2D eigenvalue weighted by Gasteiger charge is 2.28. The number of hydrogen-bond acceptors (Lipinski definition) is 4. The van der Waals surface area contributed by atoms with E-state index in [-0.39, 0.29) is 22.7 Å². The fourth-order valence-electron chi connectivity index (χ4n) is 1.94. The van der Waals surface area contributed by atoms with Crippen molar-refractivity contribution in [3.63, 3.8) is 0 Å². The van der Waals surface area contributed by atoms with Crippen LogP contribution in [-0.2, 0) is 21.2 Å². The maximum absolute atomic E-state index is 11.7. The van der Waals surface area contributed by atoms with Crippen LogP contribution < -0.4 is 5.32 Å². The van der Waals surface area contributed by atoms with Crippen LogP contribution in [-0.4, -0.2) is 36.8 Å². The van der Waals surface area contributed by atoms with Gasteiger partial charge >= 0.3 is 0 Å². The number of sulfone groups is 1. The predicted octanol–water partition coefficient (Wildman–Crippen LogP) is 1.88. The van der Waals surface area contributed by atoms with E-state index >= 15 is 0 Å². The average Bonchev–Trinajstić information content (AvgIpc) is 2.75. The summed E-state index contributed by atoms with van der Waals surface area (Å²) in [6.45, 7) is 0.458. The van der Waals surface area contributed by atoms with Crippen molar-refractivity contribution in [2.75, 3.05) is 17.3 Å². The molecule has 1 N–H and O–H groups in total. The molecule has 0 spiro atoms. The van der Waals surface area contributed by atoms with E-state index in [4.69, 9.17) is 11.6 Å². The zero-order valence-corrected chi connectivity index (χ0v) is 13.2. The van der Waals surface area contributed by atoms with Crippen molar-refractivity contribution in [2.24, 2.45) is 0 Å². The topological polar surface area (TPSA) is 63.2 Å². The number of halogens is 1. The number of thioether (sulfide) groups is 1. The van der Waals surface area contributed by atoms with Crippen LogP contribution in [0.4, 0.5) is 0 Å². The summed E-state index contributed by atoms with van der Waals surface area (Å²) in [6.07, 6.45) is 0.650. The van der Waals surface area contributed by atoms with Crippen molar-refractivity contribution >= 4 is 39.1 Å². The smallest absolute Gasteiger partial charge is 0.230 e. The summed E-state index contributed by atoms with van der Waals surface area (Å²) in [5.41, 5.74) is 0.983. The molecule has 4 nitrogen and oxygen atoms in total. The summed E-state index contributed by atoms with van der Waals surface area (Å²) < 4.78 is 22.6. The lowest BCUT2D eigenvalue weighted by Gasteiger charge is -2.08. The zero-order valence-electron chi connectivity index (χ0n) is 10.8. The van der Waals surface area contributed by atoms with E-state index in [1.54, 1.807) is 12.1 Å². The van der Waals surface area contributed by atoms with Gasteiger partial charge in [-0.25, -0.2) is 8.42 Å². The largest absolute Gasteiger partial charge is 0.351 e. The molecular weight excluding hydrogens is 318 g/mol. The van der Waals surface area contributed by atoms with Gasteiger partial charge in [-0.2, -0.15) is 0 Å². The van der Waals surface area contributed by atoms with Gasteiger partial charge in [-0.1, -0.05) is 23.7 Å². The summed E-state index contributed by atoms with van der Waals surface area (Å²) in [4.78, 5) is 11.7. The van der Waals surface area contributed by atoms with Crippen molar-refractivity contribution in [2.45, 2.75) is 18.2 Å². The van der Waals surface area contributed by atoms with E-state index in [1.165, 1.54) is 11.8 Å². The molecule has 1 heterocycles. The summed E-state index contributed by atoms with van der Waals surface area (Å²) in [7, 11) is -2.87. The van der Waals surface area contributed by atoms with Gasteiger partial charge in [0.05, 0.1) is 17.3 Å². The van der Waals surface area contributed by atoms with Gasteiger partial charge in [-0.3, -0.25) is 4.79 Å². The number of benzene rings is 1. The molecule has 1 saturated heterocycles. The molecule has 1 aliphatic rings. The predicted molar refractivity (Wildman–Crippen MR) is 82.8 cm³/mol. The van der Waals surface area contributed by atoms with Crippen LogP contribution in [0.15, 0.2) is 24.3 Å². The standard InChI is InChI=1S/C13H16ClNO3S2/c14-11-3-1-10(2-4-11)7-15-13(16)8-19-12-5-6-20(17,18)9-12/h1-4,12H,5-9H2,(H,15,16). The Kier molecular flexibility index (Phi) is 5.35. The molecule has 0 radical (unpaired) electrons. The van der Waals surface area contributed by atoms with Crippen molar-refractivity contribution in [1.82, 2.24) is 5.32 Å². The van der Waals surface area contributed by atoms with Crippen LogP contribution in [0.5, 0.6) is 0 Å². The number of amides is 1. The fourth-order valence-corrected chi connectivity index (χ4v) is 5.54. The molecule has 1 aliphatic heterocycles. The first-order valence-electron chi connectivity index (χ1n) is 6.28. The van der Waals surface area contributed by atoms with E-state index < -0.39 is 9.84 Å². The molecule has 1 aromatic carbocycles. The van der Waals surface area contributed by atoms with Gasteiger partial charge in [0.1, 0.15) is 0 Å². The van der Waals surface area contributed by atoms with Gasteiger partial charge in [0.25, 0.3) is 0 Å². The Hall–Kier alpha value is -0.720. The first kappa shape index (κ1) is 15.7. The molecule has 1 aromatic rings. The van der Waals surface area contributed by atoms with Crippen LogP contribution in [0.25, 0.3) is 0 Å². The summed E-state index contributed by atoms with van der Waals surface area (Å²) in [5.74, 6) is 0.668. The van der Waals surface area contributed by atoms with E-state index in [2.05, 4.69) is 5.32 Å². The quantitative estimate of drug-likeness (QED) is 0.893. The fraction of sp³-hybridized carbons (Fsp3) is 0.462. The number of carbonyl (C=O) groups is 1. The molecule has 20 heavy (non-hydrogen) atoms. The van der Waals surface area contributed by atoms with Crippen LogP contribution in [0.2, 0.25) is 5.02 Å². The van der Waals surface area contributed by atoms with Gasteiger partial charge in [0.15, 0.2) is 9.84 Å². The molecule has 1 fully saturated rings. The van der Waals surface area contributed by atoms with Gasteiger partial charge in [-0.05, 0) is 24.1 Å². The molecule has 7 heteroatoms. The third-order valence-corrected chi connectivity index (χ3v) is 6.58. The van der Waals surface area contributed by atoms with E-state index in [1.807, 2.05) is 12.1 Å². The van der Waals surface area contributed by atoms with Crippen LogP contribution in [0.3, 0.4) is 0 Å². The number of rotatable bonds is 5. The molecule has 1 atom stereocenters. The Bertz CT molecular complexity index is 572. The Morgan fingerprint density at radius 1 is 1.35 bits per heavy atom. The van der Waals surface area contributed by atoms with E-state index in [0.717, 1.165) is 5.56 Å². The normalized spacial score (nSPS) is 20.8. The Labute approximate surface area is 128 Å². The zero-order chi connectivity index (χ0) is 14.6. The maximum Gasteiger partial charge on any atom is 0.230 e. The SMILES string of the molecule is O=C(CSC1CCS(=O)(=O)C1)NCc1ccc(Cl)cc1. The molecule has 0 bridgehead atoms. The molecule has 0 saturated carbocycles. The molecule has 0 aliphatic carbocycles. The molecule has 1 amide bonds. The van der Waals surface area contributed by atoms with Gasteiger partial charge in [0.2, 0.25) is 5.91 Å². The van der Waals surface area contributed by atoms with Crippen molar-refractivity contribution < 1.29 is 13.2 Å². The minimum absolute atomic E-state index is 0.0567. The maximum atomic E-state index is 11.7. The van der Waals surface area contributed by atoms with Gasteiger partial charge in [0, 0.05) is 16.8 Å². The summed E-state index contributed by atoms with van der Waals surface area (Å²) in [5, 5.41) is 3.53. The lowest BCUT2D eigenvalue weighted by molar-refractivity contribution is -0.118. The average molecular weight is 334 g/mol. The van der Waals surface area contributed by atoms with Crippen LogP contribution in [0, 0.1) is 0 Å². The molecule has 0 aromatic heterocycles. The Balaban J connectivity index is 1.69. The summed E-state index contributed by atoms with van der Waals surface area (Å²) in [6, 6.07) is 7.28. The highest BCUT2D eigenvalue weighted by atomic mass is 35.5. The lowest BCUT2D eigenvalue weighted by atomic mass is 10.2. The van der Waals surface area contributed by atoms with Crippen molar-refractivity contribution in [3.05, 3.63) is 34.9 Å². The highest BCUT2D eigenvalue weighted by molar-refractivity contribution is 8.02. The second-order valence-corrected chi connectivity index (χ2v) is 8.69. The minimum Gasteiger partial charge on any atom is -0.351 e. The second kappa shape index (κ2) is 6.83. The first-order valence-corrected chi connectivity index (χ1v) is 9.52. The summed E-state index contributed by atoms with van der Waals surface area (Å²) >= 11 is 7.20. The third kappa shape index (κ3) is 5.00. The first-order chi connectivity index (χ1) is 9.44. The number of hydrogen-bond donors (Lipinski definition) is 1. The van der Waals surface area contributed by atoms with Crippen LogP contribution >= 0.6 is 23.4 Å². The number of nitrogens with one attached hydrogen (secondary N) is 1. The van der Waals surface area contributed by atoms with Crippen LogP contribution in [0.1, 0.15) is 12.0 Å². The third-order valence-electron chi connectivity index (χ3n) is 3.04. The Morgan fingerprint density at radius 3 is 2.65 bits per heavy atom. The molecule has 110 valence electrons. The molecule has 2 rings (SSSR count). The number of carbonyl (C=O) groups excluding carboxylic acids is 1. The molecular formula is C13H16ClNO3S2. The van der Waals surface area contributed by atoms with E-state index in [0.29, 0.717) is 23.7 Å². The van der Waals surface area contributed by atoms with E-state index in [9.17, 15) is 13.2 Å². The monoisotopic (exact) mass is 333 g/mol. The van der Waals surface area contributed by atoms with Gasteiger partial charge < -0.3 is 5.32 Å². The lowest BCUT2D eigenvalue weighted by Crippen LogP contribution is -2.25. The van der Waals surface area contributed by atoms with Gasteiger partial charge in [-0.15, -0.1) is 11.8 Å². The van der Waals surface area contributed by atoms with Crippen molar-refractivity contribution in [1.29, 1.82) is 0 Å². The molecule has 1 unspecified atom stereocenters. The highest BCUT2D eigenvalue weighted by Crippen LogP contribution is 2.23. The minimum atomic E-state index is -2.87. The second-order valence-electron chi connectivity index (χ2n) is 4.74. The Morgan fingerprint density at radius 2 is 2.05 bits per heavy atom. The van der Waals surface area contributed by atoms with Crippen molar-refractivity contribution in [3.8, 4) is 0 Å².